The zero-order valence-corrected chi connectivity index (χ0v) is 19.7. The highest BCUT2D eigenvalue weighted by Crippen LogP contribution is 2.49. The van der Waals surface area contributed by atoms with E-state index in [1.165, 1.54) is 57.4 Å². The summed E-state index contributed by atoms with van der Waals surface area (Å²) in [6, 6.07) is 6.82. The van der Waals surface area contributed by atoms with Crippen LogP contribution in [0, 0.1) is 29.4 Å². The van der Waals surface area contributed by atoms with Crippen molar-refractivity contribution in [1.29, 1.82) is 0 Å². The van der Waals surface area contributed by atoms with Gasteiger partial charge in [0.1, 0.15) is 24.0 Å². The molecular formula is C29H38F2O. The van der Waals surface area contributed by atoms with Crippen LogP contribution in [0.1, 0.15) is 89.5 Å². The largest absolute Gasteiger partial charge is 0.489 e. The number of rotatable bonds is 8. The highest BCUT2D eigenvalue weighted by molar-refractivity contribution is 5.86. The second-order valence-electron chi connectivity index (χ2n) is 10.1. The fourth-order valence-corrected chi connectivity index (χ4v) is 6.22. The molecule has 2 aliphatic rings. The van der Waals surface area contributed by atoms with Gasteiger partial charge in [-0.2, -0.15) is 0 Å². The Hall–Kier alpha value is -1.90. The van der Waals surface area contributed by atoms with Crippen LogP contribution in [0.25, 0.3) is 10.8 Å². The standard InChI is InChI=1S/C29H38F2O/c1-3-5-7-8-20-9-10-22-17-23(12-11-21(22)16-20)26-14-13-24-18-25(32-15-6-4-2)19-27(30)28(24)29(26)31/h4,6,13-14,18-23H,3,5,7-12,15-17H2,1-2H3. The van der Waals surface area contributed by atoms with Gasteiger partial charge in [0.15, 0.2) is 0 Å². The molecule has 2 saturated carbocycles. The van der Waals surface area contributed by atoms with Gasteiger partial charge in [-0.1, -0.05) is 63.3 Å². The predicted octanol–water partition coefficient (Wildman–Crippen LogP) is 8.95. The first kappa shape index (κ1) is 23.3. The van der Waals surface area contributed by atoms with Crippen molar-refractivity contribution in [3.63, 3.8) is 0 Å². The lowest BCUT2D eigenvalue weighted by molar-refractivity contribution is 0.112. The summed E-state index contributed by atoms with van der Waals surface area (Å²) < 4.78 is 36.0. The van der Waals surface area contributed by atoms with Gasteiger partial charge in [-0.3, -0.25) is 0 Å². The lowest BCUT2D eigenvalue weighted by atomic mass is 9.63. The molecule has 2 fully saturated rings. The Labute approximate surface area is 192 Å². The number of benzene rings is 2. The molecule has 2 aromatic carbocycles. The average Bonchev–Trinajstić information content (AvgIpc) is 2.79. The van der Waals surface area contributed by atoms with E-state index in [1.807, 2.05) is 31.2 Å². The van der Waals surface area contributed by atoms with E-state index in [-0.39, 0.29) is 17.1 Å². The SMILES string of the molecule is CC=CCOc1cc(F)c2c(F)c(C3CCC4CC(CCCCC)CCC4C3)ccc2c1. The van der Waals surface area contributed by atoms with Crippen LogP contribution in [-0.2, 0) is 0 Å². The highest BCUT2D eigenvalue weighted by atomic mass is 19.1. The zero-order chi connectivity index (χ0) is 22.5. The Balaban J connectivity index is 1.46. The summed E-state index contributed by atoms with van der Waals surface area (Å²) in [5.41, 5.74) is 0.711. The quantitative estimate of drug-likeness (QED) is 0.294. The van der Waals surface area contributed by atoms with Gasteiger partial charge in [-0.05, 0) is 79.7 Å². The van der Waals surface area contributed by atoms with E-state index in [1.54, 1.807) is 6.07 Å². The normalized spacial score (nSPS) is 25.9. The Morgan fingerprint density at radius 3 is 2.62 bits per heavy atom. The van der Waals surface area contributed by atoms with Crippen molar-refractivity contribution in [3.8, 4) is 5.75 Å². The van der Waals surface area contributed by atoms with Crippen LogP contribution in [0.2, 0.25) is 0 Å². The number of ether oxygens (including phenoxy) is 1. The summed E-state index contributed by atoms with van der Waals surface area (Å²) >= 11 is 0. The Morgan fingerprint density at radius 1 is 1.00 bits per heavy atom. The van der Waals surface area contributed by atoms with Gasteiger partial charge in [0, 0.05) is 6.07 Å². The molecule has 0 aromatic heterocycles. The fraction of sp³-hybridized carbons (Fsp3) is 0.586. The van der Waals surface area contributed by atoms with Crippen LogP contribution >= 0.6 is 0 Å². The molecule has 0 amide bonds. The third-order valence-corrected chi connectivity index (χ3v) is 7.97. The second kappa shape index (κ2) is 10.8. The first-order chi connectivity index (χ1) is 15.6. The van der Waals surface area contributed by atoms with E-state index in [0.717, 1.165) is 24.7 Å². The number of hydrogen-bond donors (Lipinski definition) is 0. The molecule has 4 rings (SSSR count). The molecule has 0 bridgehead atoms. The first-order valence-electron chi connectivity index (χ1n) is 12.8. The van der Waals surface area contributed by atoms with Crippen LogP contribution < -0.4 is 4.74 Å². The molecule has 2 aromatic rings. The second-order valence-corrected chi connectivity index (χ2v) is 10.1. The summed E-state index contributed by atoms with van der Waals surface area (Å²) in [4.78, 5) is 0. The van der Waals surface area contributed by atoms with E-state index in [0.29, 0.717) is 29.2 Å². The van der Waals surface area contributed by atoms with Crippen molar-refractivity contribution in [2.24, 2.45) is 17.8 Å². The van der Waals surface area contributed by atoms with E-state index >= 15 is 4.39 Å². The number of unbranched alkanes of at least 4 members (excludes halogenated alkanes) is 2. The summed E-state index contributed by atoms with van der Waals surface area (Å²) in [5.74, 6) is 2.17. The van der Waals surface area contributed by atoms with Gasteiger partial charge in [-0.15, -0.1) is 0 Å². The Bertz CT molecular complexity index is 934. The monoisotopic (exact) mass is 440 g/mol. The smallest absolute Gasteiger partial charge is 0.137 e. The molecule has 0 spiro atoms. The fourth-order valence-electron chi connectivity index (χ4n) is 6.22. The molecule has 32 heavy (non-hydrogen) atoms. The first-order valence-corrected chi connectivity index (χ1v) is 12.8. The van der Waals surface area contributed by atoms with Crippen molar-refractivity contribution in [3.05, 3.63) is 53.6 Å². The zero-order valence-electron chi connectivity index (χ0n) is 19.7. The maximum Gasteiger partial charge on any atom is 0.137 e. The Kier molecular flexibility index (Phi) is 7.86. The third kappa shape index (κ3) is 5.18. The summed E-state index contributed by atoms with van der Waals surface area (Å²) in [6.07, 6.45) is 16.4. The van der Waals surface area contributed by atoms with E-state index in [9.17, 15) is 4.39 Å². The molecule has 3 heteroatoms. The van der Waals surface area contributed by atoms with Crippen LogP contribution in [0.4, 0.5) is 8.78 Å². The maximum absolute atomic E-state index is 15.5. The number of halogens is 2. The molecule has 4 unspecified atom stereocenters. The lowest BCUT2D eigenvalue weighted by Crippen LogP contribution is -2.30. The average molecular weight is 441 g/mol. The minimum absolute atomic E-state index is 0.114. The van der Waals surface area contributed by atoms with Gasteiger partial charge in [0.05, 0.1) is 5.39 Å². The van der Waals surface area contributed by atoms with Crippen LogP contribution in [0.15, 0.2) is 36.4 Å². The molecule has 0 aliphatic heterocycles. The van der Waals surface area contributed by atoms with Gasteiger partial charge in [-0.25, -0.2) is 8.78 Å². The Morgan fingerprint density at radius 2 is 1.81 bits per heavy atom. The molecule has 0 N–H and O–H groups in total. The van der Waals surface area contributed by atoms with Gasteiger partial charge in [0.2, 0.25) is 0 Å². The van der Waals surface area contributed by atoms with Crippen LogP contribution in [-0.4, -0.2) is 6.61 Å². The van der Waals surface area contributed by atoms with E-state index in [4.69, 9.17) is 4.74 Å². The maximum atomic E-state index is 15.5. The molecular weight excluding hydrogens is 402 g/mol. The molecule has 1 nitrogen and oxygen atoms in total. The molecule has 0 radical (unpaired) electrons. The van der Waals surface area contributed by atoms with Crippen LogP contribution in [0.5, 0.6) is 5.75 Å². The van der Waals surface area contributed by atoms with Crippen molar-refractivity contribution in [2.45, 2.75) is 84.0 Å². The van der Waals surface area contributed by atoms with Crippen molar-refractivity contribution in [1.82, 2.24) is 0 Å². The number of allylic oxidation sites excluding steroid dienone is 1. The van der Waals surface area contributed by atoms with Crippen molar-refractivity contribution in [2.75, 3.05) is 6.61 Å². The number of hydrogen-bond acceptors (Lipinski definition) is 1. The predicted molar refractivity (Wildman–Crippen MR) is 129 cm³/mol. The van der Waals surface area contributed by atoms with Crippen molar-refractivity contribution >= 4 is 10.8 Å². The van der Waals surface area contributed by atoms with Crippen LogP contribution in [0.3, 0.4) is 0 Å². The van der Waals surface area contributed by atoms with E-state index < -0.39 is 5.82 Å². The van der Waals surface area contributed by atoms with Crippen molar-refractivity contribution < 1.29 is 13.5 Å². The van der Waals surface area contributed by atoms with Gasteiger partial charge in [0.25, 0.3) is 0 Å². The van der Waals surface area contributed by atoms with E-state index in [2.05, 4.69) is 6.92 Å². The summed E-state index contributed by atoms with van der Waals surface area (Å²) in [5, 5.41) is 0.686. The molecule has 2 aliphatic carbocycles. The summed E-state index contributed by atoms with van der Waals surface area (Å²) in [7, 11) is 0. The number of fused-ring (bicyclic) bond motifs is 2. The summed E-state index contributed by atoms with van der Waals surface area (Å²) in [6.45, 7) is 4.56. The molecule has 0 saturated heterocycles. The lowest BCUT2D eigenvalue weighted by Gasteiger charge is -2.42. The molecule has 4 atom stereocenters. The minimum Gasteiger partial charge on any atom is -0.489 e. The van der Waals surface area contributed by atoms with Gasteiger partial charge < -0.3 is 4.74 Å². The topological polar surface area (TPSA) is 9.23 Å². The minimum atomic E-state index is -0.529. The third-order valence-electron chi connectivity index (χ3n) is 7.97. The highest BCUT2D eigenvalue weighted by Gasteiger charge is 2.36. The van der Waals surface area contributed by atoms with Gasteiger partial charge >= 0.3 is 0 Å². The molecule has 174 valence electrons. The molecule has 0 heterocycles.